The molecule has 1 aromatic heterocycles. The summed E-state index contributed by atoms with van der Waals surface area (Å²) in [7, 11) is 0. The van der Waals surface area contributed by atoms with Gasteiger partial charge < -0.3 is 14.9 Å². The Kier molecular flexibility index (Phi) is 3.35. The van der Waals surface area contributed by atoms with Gasteiger partial charge >= 0.3 is 0 Å². The molecule has 0 saturated carbocycles. The zero-order chi connectivity index (χ0) is 13.3. The molecule has 0 aliphatic carbocycles. The van der Waals surface area contributed by atoms with Crippen LogP contribution in [0, 0.1) is 0 Å². The summed E-state index contributed by atoms with van der Waals surface area (Å²) in [5.74, 6) is 1.64. The molecule has 0 bridgehead atoms. The number of para-hydroxylation sites is 1. The first kappa shape index (κ1) is 13.0. The van der Waals surface area contributed by atoms with E-state index in [1.54, 1.807) is 0 Å². The summed E-state index contributed by atoms with van der Waals surface area (Å²) in [6, 6.07) is 6.00. The van der Waals surface area contributed by atoms with Gasteiger partial charge in [-0.15, -0.1) is 0 Å². The van der Waals surface area contributed by atoms with Crippen LogP contribution < -0.4 is 10.5 Å². The highest BCUT2D eigenvalue weighted by atomic mass is 16.5. The first-order chi connectivity index (χ1) is 8.49. The Morgan fingerprint density at radius 1 is 1.28 bits per heavy atom. The molecule has 0 spiro atoms. The van der Waals surface area contributed by atoms with Crippen molar-refractivity contribution < 1.29 is 9.15 Å². The number of hydrogen-bond acceptors (Lipinski definition) is 3. The van der Waals surface area contributed by atoms with Gasteiger partial charge in [0.25, 0.3) is 0 Å². The van der Waals surface area contributed by atoms with Gasteiger partial charge in [0.15, 0.2) is 11.3 Å². The first-order valence-electron chi connectivity index (χ1n) is 6.36. The summed E-state index contributed by atoms with van der Waals surface area (Å²) >= 11 is 0. The fourth-order valence-corrected chi connectivity index (χ4v) is 2.38. The van der Waals surface area contributed by atoms with Crippen molar-refractivity contribution in [2.45, 2.75) is 39.7 Å². The molecule has 98 valence electrons. The van der Waals surface area contributed by atoms with Gasteiger partial charge in [-0.2, -0.15) is 0 Å². The Morgan fingerprint density at radius 3 is 2.56 bits per heavy atom. The monoisotopic (exact) mass is 247 g/mol. The van der Waals surface area contributed by atoms with E-state index in [1.807, 2.05) is 19.1 Å². The Morgan fingerprint density at radius 2 is 2.00 bits per heavy atom. The highest BCUT2D eigenvalue weighted by Crippen LogP contribution is 2.39. The molecule has 1 aromatic carbocycles. The van der Waals surface area contributed by atoms with E-state index in [1.165, 1.54) is 5.56 Å². The van der Waals surface area contributed by atoms with Crippen molar-refractivity contribution >= 4 is 11.0 Å². The van der Waals surface area contributed by atoms with Crippen LogP contribution in [0.3, 0.4) is 0 Å². The molecule has 2 N–H and O–H groups in total. The summed E-state index contributed by atoms with van der Waals surface area (Å²) in [6.07, 6.45) is 0. The fraction of sp³-hybridized carbons (Fsp3) is 0.467. The van der Waals surface area contributed by atoms with E-state index in [4.69, 9.17) is 14.9 Å². The summed E-state index contributed by atoms with van der Waals surface area (Å²) in [5.41, 5.74) is 7.80. The average molecular weight is 247 g/mol. The number of hydrogen-bond donors (Lipinski definition) is 1. The molecule has 0 atom stereocenters. The topological polar surface area (TPSA) is 48.4 Å². The van der Waals surface area contributed by atoms with E-state index in [2.05, 4.69) is 26.8 Å². The average Bonchev–Trinajstić information content (AvgIpc) is 2.68. The highest BCUT2D eigenvalue weighted by molar-refractivity contribution is 5.88. The summed E-state index contributed by atoms with van der Waals surface area (Å²) in [6.45, 7) is 9.52. The predicted molar refractivity (Wildman–Crippen MR) is 74.0 cm³/mol. The summed E-state index contributed by atoms with van der Waals surface area (Å²) < 4.78 is 11.5. The Hall–Kier alpha value is -1.48. The quantitative estimate of drug-likeness (QED) is 0.901. The number of rotatable bonds is 3. The standard InChI is InChI=1S/C15H21NO2/c1-5-17-11-8-6-7-10-13(15(2,3)4)12(9-16)18-14(10)11/h6-8H,5,9,16H2,1-4H3. The SMILES string of the molecule is CCOc1cccc2c(C(C)(C)C)c(CN)oc12. The number of fused-ring (bicyclic) bond motifs is 1. The van der Waals surface area contributed by atoms with Crippen LogP contribution in [0.4, 0.5) is 0 Å². The van der Waals surface area contributed by atoms with Gasteiger partial charge in [-0.1, -0.05) is 32.9 Å². The molecule has 0 aliphatic heterocycles. The molecule has 0 radical (unpaired) electrons. The Balaban J connectivity index is 2.73. The zero-order valence-corrected chi connectivity index (χ0v) is 11.5. The van der Waals surface area contributed by atoms with Crippen molar-refractivity contribution in [3.8, 4) is 5.75 Å². The van der Waals surface area contributed by atoms with E-state index < -0.39 is 0 Å². The normalized spacial score (nSPS) is 12.1. The van der Waals surface area contributed by atoms with Gasteiger partial charge in [-0.05, 0) is 18.4 Å². The minimum atomic E-state index is 0.00475. The lowest BCUT2D eigenvalue weighted by atomic mass is 9.85. The van der Waals surface area contributed by atoms with Gasteiger partial charge in [0.05, 0.1) is 13.2 Å². The molecule has 2 rings (SSSR count). The minimum absolute atomic E-state index is 0.00475. The molecule has 1 heterocycles. The largest absolute Gasteiger partial charge is 0.490 e. The smallest absolute Gasteiger partial charge is 0.176 e. The summed E-state index contributed by atoms with van der Waals surface area (Å²) in [4.78, 5) is 0. The number of ether oxygens (including phenoxy) is 1. The van der Waals surface area contributed by atoms with Crippen LogP contribution in [0.15, 0.2) is 22.6 Å². The lowest BCUT2D eigenvalue weighted by Gasteiger charge is -2.18. The minimum Gasteiger partial charge on any atom is -0.490 e. The molecule has 18 heavy (non-hydrogen) atoms. The maximum absolute atomic E-state index is 5.91. The van der Waals surface area contributed by atoms with Crippen molar-refractivity contribution in [1.82, 2.24) is 0 Å². The maximum Gasteiger partial charge on any atom is 0.176 e. The van der Waals surface area contributed by atoms with Crippen LogP contribution in [0.5, 0.6) is 5.75 Å². The zero-order valence-electron chi connectivity index (χ0n) is 11.5. The van der Waals surface area contributed by atoms with Crippen LogP contribution in [-0.4, -0.2) is 6.61 Å². The second-order valence-corrected chi connectivity index (χ2v) is 5.42. The van der Waals surface area contributed by atoms with Gasteiger partial charge in [0, 0.05) is 10.9 Å². The third-order valence-corrected chi connectivity index (χ3v) is 2.99. The molecular formula is C15H21NO2. The fourth-order valence-electron chi connectivity index (χ4n) is 2.38. The van der Waals surface area contributed by atoms with Crippen molar-refractivity contribution in [1.29, 1.82) is 0 Å². The number of benzene rings is 1. The molecular weight excluding hydrogens is 226 g/mol. The van der Waals surface area contributed by atoms with Gasteiger partial charge in [-0.3, -0.25) is 0 Å². The number of furan rings is 1. The van der Waals surface area contributed by atoms with Crippen LogP contribution in [0.1, 0.15) is 39.0 Å². The van der Waals surface area contributed by atoms with Crippen LogP contribution in [-0.2, 0) is 12.0 Å². The van der Waals surface area contributed by atoms with Gasteiger partial charge in [0.2, 0.25) is 0 Å². The molecule has 0 fully saturated rings. The Labute approximate surface area is 108 Å². The predicted octanol–water partition coefficient (Wildman–Crippen LogP) is 3.59. The van der Waals surface area contributed by atoms with E-state index in [9.17, 15) is 0 Å². The third kappa shape index (κ3) is 2.10. The number of nitrogens with two attached hydrogens (primary N) is 1. The van der Waals surface area contributed by atoms with Crippen molar-refractivity contribution in [3.63, 3.8) is 0 Å². The molecule has 2 aromatic rings. The van der Waals surface area contributed by atoms with E-state index in [0.29, 0.717) is 13.2 Å². The molecule has 0 aliphatic rings. The van der Waals surface area contributed by atoms with Gasteiger partial charge in [0.1, 0.15) is 5.76 Å². The highest BCUT2D eigenvalue weighted by Gasteiger charge is 2.25. The summed E-state index contributed by atoms with van der Waals surface area (Å²) in [5, 5.41) is 1.11. The van der Waals surface area contributed by atoms with E-state index >= 15 is 0 Å². The van der Waals surface area contributed by atoms with Crippen molar-refractivity contribution in [3.05, 3.63) is 29.5 Å². The van der Waals surface area contributed by atoms with E-state index in [-0.39, 0.29) is 5.41 Å². The Bertz CT molecular complexity index is 549. The first-order valence-corrected chi connectivity index (χ1v) is 6.36. The molecule has 0 unspecified atom stereocenters. The van der Waals surface area contributed by atoms with Crippen LogP contribution in [0.2, 0.25) is 0 Å². The van der Waals surface area contributed by atoms with Crippen LogP contribution >= 0.6 is 0 Å². The molecule has 3 nitrogen and oxygen atoms in total. The van der Waals surface area contributed by atoms with Crippen molar-refractivity contribution in [2.75, 3.05) is 6.61 Å². The van der Waals surface area contributed by atoms with Crippen molar-refractivity contribution in [2.24, 2.45) is 5.73 Å². The molecule has 3 heteroatoms. The van der Waals surface area contributed by atoms with Crippen LogP contribution in [0.25, 0.3) is 11.0 Å². The second kappa shape index (κ2) is 4.65. The maximum atomic E-state index is 5.91. The molecule has 0 amide bonds. The second-order valence-electron chi connectivity index (χ2n) is 5.42. The molecule has 0 saturated heterocycles. The lowest BCUT2D eigenvalue weighted by Crippen LogP contribution is -2.14. The lowest BCUT2D eigenvalue weighted by molar-refractivity contribution is 0.337. The van der Waals surface area contributed by atoms with E-state index in [0.717, 1.165) is 22.5 Å². The third-order valence-electron chi connectivity index (χ3n) is 2.99. The van der Waals surface area contributed by atoms with Gasteiger partial charge in [-0.25, -0.2) is 0 Å².